The van der Waals surface area contributed by atoms with Crippen molar-refractivity contribution in [3.63, 3.8) is 0 Å². The van der Waals surface area contributed by atoms with Gasteiger partial charge < -0.3 is 5.32 Å². The summed E-state index contributed by atoms with van der Waals surface area (Å²) >= 11 is 1.03. The second kappa shape index (κ2) is 4.67. The third kappa shape index (κ3) is 2.14. The summed E-state index contributed by atoms with van der Waals surface area (Å²) in [7, 11) is 1.76. The molecule has 0 fully saturated rings. The van der Waals surface area contributed by atoms with Crippen molar-refractivity contribution in [1.29, 1.82) is 0 Å². The number of anilines is 2. The molecule has 0 saturated heterocycles. The molecule has 16 heavy (non-hydrogen) atoms. The molecule has 7 heteroatoms. The van der Waals surface area contributed by atoms with Gasteiger partial charge in [-0.05, 0) is 17.3 Å². The van der Waals surface area contributed by atoms with E-state index in [1.165, 1.54) is 0 Å². The van der Waals surface area contributed by atoms with Crippen molar-refractivity contribution < 1.29 is 4.79 Å². The first-order valence-corrected chi connectivity index (χ1v) is 5.32. The molecular weight excluding hydrogens is 226 g/mol. The van der Waals surface area contributed by atoms with Crippen LogP contribution in [0.2, 0.25) is 0 Å². The number of amides is 1. The number of nitrogens with zero attached hydrogens (tertiary/aromatic N) is 3. The van der Waals surface area contributed by atoms with Gasteiger partial charge >= 0.3 is 0 Å². The van der Waals surface area contributed by atoms with Gasteiger partial charge in [0, 0.05) is 24.3 Å². The molecular formula is C9H9N5OS. The summed E-state index contributed by atoms with van der Waals surface area (Å²) in [6.07, 6.45) is 0. The van der Waals surface area contributed by atoms with Crippen LogP contribution in [0.3, 0.4) is 0 Å². The van der Waals surface area contributed by atoms with Crippen molar-refractivity contribution in [1.82, 2.24) is 14.8 Å². The minimum atomic E-state index is -0.233. The molecule has 6 nitrogen and oxygen atoms in total. The lowest BCUT2D eigenvalue weighted by atomic mass is 10.1. The average molecular weight is 235 g/mol. The van der Waals surface area contributed by atoms with Crippen molar-refractivity contribution >= 4 is 28.3 Å². The van der Waals surface area contributed by atoms with E-state index in [1.54, 1.807) is 19.2 Å². The highest BCUT2D eigenvalue weighted by Crippen LogP contribution is 2.16. The number of hydrogen-bond donors (Lipinski definition) is 2. The quantitative estimate of drug-likeness (QED) is 0.836. The third-order valence-electron chi connectivity index (χ3n) is 1.96. The Hall–Kier alpha value is -2.02. The smallest absolute Gasteiger partial charge is 0.259 e. The minimum Gasteiger partial charge on any atom is -0.387 e. The first-order valence-electron chi connectivity index (χ1n) is 4.54. The fourth-order valence-corrected chi connectivity index (χ4v) is 1.61. The molecule has 0 bridgehead atoms. The molecule has 82 valence electrons. The number of para-hydroxylation sites is 1. The predicted molar refractivity (Wildman–Crippen MR) is 61.6 cm³/mol. The topological polar surface area (TPSA) is 79.8 Å². The van der Waals surface area contributed by atoms with Crippen LogP contribution in [0.4, 0.5) is 10.8 Å². The van der Waals surface area contributed by atoms with Gasteiger partial charge in [0.2, 0.25) is 5.13 Å². The average Bonchev–Trinajstić information content (AvgIpc) is 2.81. The highest BCUT2D eigenvalue weighted by molar-refractivity contribution is 7.09. The van der Waals surface area contributed by atoms with Gasteiger partial charge in [0.1, 0.15) is 0 Å². The van der Waals surface area contributed by atoms with Crippen molar-refractivity contribution in [2.45, 2.75) is 0 Å². The lowest BCUT2D eigenvalue weighted by Crippen LogP contribution is -2.13. The molecule has 0 spiro atoms. The summed E-state index contributed by atoms with van der Waals surface area (Å²) in [4.78, 5) is 11.9. The Morgan fingerprint density at radius 1 is 1.38 bits per heavy atom. The molecule has 1 heterocycles. The molecule has 1 aromatic carbocycles. The fourth-order valence-electron chi connectivity index (χ4n) is 1.25. The van der Waals surface area contributed by atoms with Crippen LogP contribution < -0.4 is 10.6 Å². The van der Waals surface area contributed by atoms with Crippen molar-refractivity contribution in [3.8, 4) is 0 Å². The predicted octanol–water partition coefficient (Wildman–Crippen LogP) is 1.23. The Kier molecular flexibility index (Phi) is 3.06. The van der Waals surface area contributed by atoms with Crippen molar-refractivity contribution in [3.05, 3.63) is 29.8 Å². The molecule has 0 unspecified atom stereocenters. The van der Waals surface area contributed by atoms with Crippen LogP contribution in [-0.2, 0) is 0 Å². The van der Waals surface area contributed by atoms with E-state index in [4.69, 9.17) is 0 Å². The standard InChI is InChI=1S/C9H9N5OS/c1-10-7-5-3-2-4-6(7)8(15)11-9-12-13-14-16-9/h2-5,10H,1H3,(H,11,12,14,15). The maximum atomic E-state index is 11.9. The molecule has 0 aliphatic heterocycles. The van der Waals surface area contributed by atoms with E-state index in [9.17, 15) is 4.79 Å². The first-order chi connectivity index (χ1) is 7.81. The maximum absolute atomic E-state index is 11.9. The largest absolute Gasteiger partial charge is 0.387 e. The third-order valence-corrected chi connectivity index (χ3v) is 2.47. The lowest BCUT2D eigenvalue weighted by Gasteiger charge is -2.07. The molecule has 2 rings (SSSR count). The van der Waals surface area contributed by atoms with Crippen molar-refractivity contribution in [2.75, 3.05) is 17.7 Å². The second-order valence-electron chi connectivity index (χ2n) is 2.92. The molecule has 2 N–H and O–H groups in total. The highest BCUT2D eigenvalue weighted by Gasteiger charge is 2.11. The Balaban J connectivity index is 2.21. The van der Waals surface area contributed by atoms with Gasteiger partial charge in [0.05, 0.1) is 5.56 Å². The van der Waals surface area contributed by atoms with Crippen LogP contribution in [0, 0.1) is 0 Å². The molecule has 0 aliphatic carbocycles. The summed E-state index contributed by atoms with van der Waals surface area (Å²) < 4.78 is 3.56. The zero-order valence-corrected chi connectivity index (χ0v) is 9.28. The van der Waals surface area contributed by atoms with E-state index in [-0.39, 0.29) is 5.91 Å². The van der Waals surface area contributed by atoms with Gasteiger partial charge in [-0.15, -0.1) is 0 Å². The van der Waals surface area contributed by atoms with Crippen LogP contribution >= 0.6 is 11.5 Å². The molecule has 0 radical (unpaired) electrons. The molecule has 1 amide bonds. The van der Waals surface area contributed by atoms with Crippen LogP contribution in [0.15, 0.2) is 24.3 Å². The van der Waals surface area contributed by atoms with Gasteiger partial charge in [-0.1, -0.05) is 21.7 Å². The fraction of sp³-hybridized carbons (Fsp3) is 0.111. The van der Waals surface area contributed by atoms with Crippen LogP contribution in [0.1, 0.15) is 10.4 Å². The number of nitrogens with one attached hydrogen (secondary N) is 2. The lowest BCUT2D eigenvalue weighted by molar-refractivity contribution is 0.102. The Morgan fingerprint density at radius 3 is 2.88 bits per heavy atom. The SMILES string of the molecule is CNc1ccccc1C(=O)Nc1nnns1. The summed E-state index contributed by atoms with van der Waals surface area (Å²) in [5.74, 6) is -0.233. The van der Waals surface area contributed by atoms with Crippen molar-refractivity contribution in [2.24, 2.45) is 0 Å². The van der Waals surface area contributed by atoms with Crippen LogP contribution in [0.25, 0.3) is 0 Å². The summed E-state index contributed by atoms with van der Waals surface area (Å²) in [6.45, 7) is 0. The van der Waals surface area contributed by atoms with E-state index < -0.39 is 0 Å². The first kappa shape index (κ1) is 10.5. The maximum Gasteiger partial charge on any atom is 0.259 e. The molecule has 0 saturated carbocycles. The van der Waals surface area contributed by atoms with Gasteiger partial charge in [0.15, 0.2) is 0 Å². The van der Waals surface area contributed by atoms with Crippen LogP contribution in [-0.4, -0.2) is 27.8 Å². The monoisotopic (exact) mass is 235 g/mol. The number of benzene rings is 1. The van der Waals surface area contributed by atoms with Crippen LogP contribution in [0.5, 0.6) is 0 Å². The van der Waals surface area contributed by atoms with Gasteiger partial charge in [-0.25, -0.2) is 0 Å². The van der Waals surface area contributed by atoms with Gasteiger partial charge in [-0.2, -0.15) is 0 Å². The van der Waals surface area contributed by atoms with E-state index in [0.717, 1.165) is 17.2 Å². The minimum absolute atomic E-state index is 0.233. The molecule has 2 aromatic rings. The number of carbonyl (C=O) groups excluding carboxylic acids is 1. The Bertz CT molecular complexity index is 484. The molecule has 0 atom stereocenters. The summed E-state index contributed by atoms with van der Waals surface area (Å²) in [6, 6.07) is 7.21. The van der Waals surface area contributed by atoms with Gasteiger partial charge in [-0.3, -0.25) is 10.1 Å². The molecule has 0 aliphatic rings. The zero-order chi connectivity index (χ0) is 11.4. The van der Waals surface area contributed by atoms with Gasteiger partial charge in [0.25, 0.3) is 5.91 Å². The Labute approximate surface area is 95.9 Å². The Morgan fingerprint density at radius 2 is 2.19 bits per heavy atom. The zero-order valence-electron chi connectivity index (χ0n) is 8.47. The number of carbonyl (C=O) groups is 1. The number of rotatable bonds is 3. The normalized spacial score (nSPS) is 9.81. The second-order valence-corrected chi connectivity index (χ2v) is 3.65. The van der Waals surface area contributed by atoms with E-state index in [2.05, 4.69) is 25.4 Å². The summed E-state index contributed by atoms with van der Waals surface area (Å²) in [5.41, 5.74) is 1.32. The van der Waals surface area contributed by atoms with E-state index in [0.29, 0.717) is 10.7 Å². The summed E-state index contributed by atoms with van der Waals surface area (Å²) in [5, 5.41) is 13.0. The van der Waals surface area contributed by atoms with E-state index in [1.807, 2.05) is 12.1 Å². The molecule has 1 aromatic heterocycles. The number of hydrogen-bond acceptors (Lipinski definition) is 6. The van der Waals surface area contributed by atoms with E-state index >= 15 is 0 Å². The number of aromatic nitrogens is 3. The highest BCUT2D eigenvalue weighted by atomic mass is 32.1.